The van der Waals surface area contributed by atoms with Crippen molar-refractivity contribution in [2.75, 3.05) is 5.32 Å². The first kappa shape index (κ1) is 11.1. The monoisotopic (exact) mass is 210 g/mol. The fourth-order valence-electron chi connectivity index (χ4n) is 0.993. The Morgan fingerprint density at radius 1 is 1.53 bits per heavy atom. The van der Waals surface area contributed by atoms with E-state index in [0.29, 0.717) is 11.4 Å². The lowest BCUT2D eigenvalue weighted by Crippen LogP contribution is -2.13. The van der Waals surface area contributed by atoms with Gasteiger partial charge in [0.25, 0.3) is 0 Å². The molecule has 1 rings (SSSR count). The number of nitro groups is 1. The maximum Gasteiger partial charge on any atom is 0.226 e. The van der Waals surface area contributed by atoms with Crippen LogP contribution in [0.5, 0.6) is 0 Å². The first-order valence-electron chi connectivity index (χ1n) is 4.19. The van der Waals surface area contributed by atoms with Crippen LogP contribution in [0.4, 0.5) is 11.4 Å². The first-order valence-corrected chi connectivity index (χ1v) is 4.19. The van der Waals surface area contributed by atoms with E-state index >= 15 is 0 Å². The van der Waals surface area contributed by atoms with Crippen molar-refractivity contribution in [1.29, 1.82) is 0 Å². The van der Waals surface area contributed by atoms with Crippen molar-refractivity contribution >= 4 is 11.4 Å². The van der Waals surface area contributed by atoms with Crippen LogP contribution in [0.25, 0.3) is 0 Å². The van der Waals surface area contributed by atoms with Gasteiger partial charge in [-0.15, -0.1) is 0 Å². The van der Waals surface area contributed by atoms with Crippen LogP contribution in [0, 0.1) is 10.1 Å². The maximum absolute atomic E-state index is 9.98. The number of hydrogen-bond donors (Lipinski definition) is 2. The number of para-hydroxylation sites is 1. The maximum atomic E-state index is 9.98. The molecular formula is C8H10N4O3. The number of aliphatic hydroxyl groups excluding tert-OH is 1. The Balaban J connectivity index is 2.91. The third-order valence-corrected chi connectivity index (χ3v) is 1.49. The molecule has 2 N–H and O–H groups in total. The molecule has 0 aliphatic carbocycles. The van der Waals surface area contributed by atoms with Crippen LogP contribution >= 0.6 is 0 Å². The molecule has 0 spiro atoms. The summed E-state index contributed by atoms with van der Waals surface area (Å²) >= 11 is 0. The molecule has 0 fully saturated rings. The molecule has 0 amide bonds. The number of nitrogens with zero attached hydrogens (tertiary/aromatic N) is 3. The van der Waals surface area contributed by atoms with Crippen LogP contribution in [0.1, 0.15) is 6.92 Å². The summed E-state index contributed by atoms with van der Waals surface area (Å²) in [6.07, 6.45) is -0.767. The molecule has 1 aromatic carbocycles. The van der Waals surface area contributed by atoms with Crippen molar-refractivity contribution in [2.45, 2.75) is 13.2 Å². The van der Waals surface area contributed by atoms with Crippen molar-refractivity contribution in [2.24, 2.45) is 10.3 Å². The first-order chi connectivity index (χ1) is 7.09. The third kappa shape index (κ3) is 3.69. The molecular weight excluding hydrogens is 200 g/mol. The Bertz CT molecular complexity index is 378. The minimum Gasteiger partial charge on any atom is -0.374 e. The Morgan fingerprint density at radius 3 is 2.80 bits per heavy atom. The van der Waals surface area contributed by atoms with E-state index in [1.54, 1.807) is 24.3 Å². The molecule has 0 aliphatic heterocycles. The molecule has 0 bridgehead atoms. The molecule has 0 saturated carbocycles. The van der Waals surface area contributed by atoms with Crippen molar-refractivity contribution in [1.82, 2.24) is 0 Å². The molecule has 0 aliphatic rings. The van der Waals surface area contributed by atoms with Crippen molar-refractivity contribution in [3.63, 3.8) is 0 Å². The standard InChI is InChI=1S/C8H10N4O3/c1-6(13)9-7-4-2-3-5-8(7)10-11-12(14)15/h2-6,9,13H,1H3. The minimum absolute atomic E-state index is 0.301. The van der Waals surface area contributed by atoms with Gasteiger partial charge in [-0.1, -0.05) is 12.1 Å². The summed E-state index contributed by atoms with van der Waals surface area (Å²) in [4.78, 5) is 9.98. The van der Waals surface area contributed by atoms with Crippen LogP contribution in [0.15, 0.2) is 34.6 Å². The zero-order valence-electron chi connectivity index (χ0n) is 7.99. The Hall–Kier alpha value is -2.02. The van der Waals surface area contributed by atoms with Gasteiger partial charge in [0.05, 0.1) is 15.8 Å². The van der Waals surface area contributed by atoms with Gasteiger partial charge in [0.15, 0.2) is 5.22 Å². The second kappa shape index (κ2) is 5.01. The SMILES string of the molecule is CC(O)Nc1ccccc1N=N[N+](=O)[O-]. The summed E-state index contributed by atoms with van der Waals surface area (Å²) in [5.41, 5.74) is 0.785. The predicted molar refractivity (Wildman–Crippen MR) is 53.3 cm³/mol. The van der Waals surface area contributed by atoms with E-state index in [2.05, 4.69) is 15.7 Å². The molecule has 0 saturated heterocycles. The summed E-state index contributed by atoms with van der Waals surface area (Å²) in [7, 11) is 0. The Morgan fingerprint density at radius 2 is 2.20 bits per heavy atom. The molecule has 0 aromatic heterocycles. The molecule has 0 heterocycles. The molecule has 80 valence electrons. The summed E-state index contributed by atoms with van der Waals surface area (Å²) in [6, 6.07) is 6.58. The summed E-state index contributed by atoms with van der Waals surface area (Å²) in [5, 5.41) is 27.1. The van der Waals surface area contributed by atoms with E-state index in [1.807, 2.05) is 0 Å². The number of benzene rings is 1. The highest BCUT2D eigenvalue weighted by Crippen LogP contribution is 2.24. The van der Waals surface area contributed by atoms with Gasteiger partial charge in [-0.2, -0.15) is 0 Å². The van der Waals surface area contributed by atoms with Gasteiger partial charge in [-0.05, 0) is 19.1 Å². The van der Waals surface area contributed by atoms with E-state index in [4.69, 9.17) is 5.11 Å². The molecule has 1 atom stereocenters. The van der Waals surface area contributed by atoms with Crippen molar-refractivity contribution < 1.29 is 10.1 Å². The van der Waals surface area contributed by atoms with Gasteiger partial charge in [0.1, 0.15) is 6.23 Å². The molecule has 7 nitrogen and oxygen atoms in total. The molecule has 1 aromatic rings. The summed E-state index contributed by atoms with van der Waals surface area (Å²) in [6.45, 7) is 1.53. The Labute approximate surface area is 85.6 Å². The number of aliphatic hydroxyl groups is 1. The van der Waals surface area contributed by atoms with Gasteiger partial charge >= 0.3 is 0 Å². The quantitative estimate of drug-likeness (QED) is 0.342. The fourth-order valence-corrected chi connectivity index (χ4v) is 0.993. The number of nitrogens with one attached hydrogen (secondary N) is 1. The lowest BCUT2D eigenvalue weighted by atomic mass is 10.2. The van der Waals surface area contributed by atoms with Gasteiger partial charge in [0.2, 0.25) is 5.69 Å². The second-order valence-electron chi connectivity index (χ2n) is 2.76. The molecule has 1 unspecified atom stereocenters. The molecule has 15 heavy (non-hydrogen) atoms. The van der Waals surface area contributed by atoms with E-state index in [-0.39, 0.29) is 0 Å². The van der Waals surface area contributed by atoms with Crippen LogP contribution in [0.2, 0.25) is 0 Å². The molecule has 0 radical (unpaired) electrons. The third-order valence-electron chi connectivity index (χ3n) is 1.49. The van der Waals surface area contributed by atoms with Gasteiger partial charge < -0.3 is 20.5 Å². The van der Waals surface area contributed by atoms with Crippen LogP contribution < -0.4 is 5.32 Å². The minimum atomic E-state index is -0.890. The number of rotatable bonds is 4. The van der Waals surface area contributed by atoms with Crippen LogP contribution in [-0.2, 0) is 0 Å². The highest BCUT2D eigenvalue weighted by molar-refractivity contribution is 5.64. The lowest BCUT2D eigenvalue weighted by Gasteiger charge is -2.07. The topological polar surface area (TPSA) is 100 Å². The Kier molecular flexibility index (Phi) is 3.69. The lowest BCUT2D eigenvalue weighted by molar-refractivity contribution is -0.493. The molecule has 7 heteroatoms. The van der Waals surface area contributed by atoms with Crippen molar-refractivity contribution in [3.05, 3.63) is 34.4 Å². The number of anilines is 1. The second-order valence-corrected chi connectivity index (χ2v) is 2.76. The summed E-state index contributed by atoms with van der Waals surface area (Å²) < 4.78 is 0. The van der Waals surface area contributed by atoms with Gasteiger partial charge in [-0.25, -0.2) is 0 Å². The van der Waals surface area contributed by atoms with Crippen LogP contribution in [0.3, 0.4) is 0 Å². The van der Waals surface area contributed by atoms with Gasteiger partial charge in [-0.3, -0.25) is 0 Å². The van der Waals surface area contributed by atoms with E-state index in [1.165, 1.54) is 6.92 Å². The highest BCUT2D eigenvalue weighted by atomic mass is 16.7. The van der Waals surface area contributed by atoms with E-state index in [9.17, 15) is 10.1 Å². The normalized spacial score (nSPS) is 12.7. The average Bonchev–Trinajstić information content (AvgIpc) is 2.15. The van der Waals surface area contributed by atoms with Crippen molar-refractivity contribution in [3.8, 4) is 0 Å². The average molecular weight is 210 g/mol. The van der Waals surface area contributed by atoms with Crippen LogP contribution in [-0.4, -0.2) is 16.4 Å². The van der Waals surface area contributed by atoms with E-state index < -0.39 is 11.3 Å². The van der Waals surface area contributed by atoms with Gasteiger partial charge in [0, 0.05) is 0 Å². The smallest absolute Gasteiger partial charge is 0.226 e. The zero-order valence-corrected chi connectivity index (χ0v) is 7.99. The fraction of sp³-hybridized carbons (Fsp3) is 0.250. The summed E-state index contributed by atoms with van der Waals surface area (Å²) in [5.74, 6) is 0. The predicted octanol–water partition coefficient (Wildman–Crippen LogP) is 1.71. The number of hydrogen-bond acceptors (Lipinski definition) is 5. The largest absolute Gasteiger partial charge is 0.374 e. The highest BCUT2D eigenvalue weighted by Gasteiger charge is 2.07. The zero-order chi connectivity index (χ0) is 11.3. The van der Waals surface area contributed by atoms with E-state index in [0.717, 1.165) is 0 Å².